The number of esters is 1. The normalized spacial score (nSPS) is 15.7. The number of halogens is 3. The Morgan fingerprint density at radius 2 is 2.03 bits per heavy atom. The molecule has 0 N–H and O–H groups in total. The van der Waals surface area contributed by atoms with E-state index in [1.54, 1.807) is 25.1 Å². The number of carbonyl (C=O) groups excluding carboxylic acids is 2. The third-order valence-corrected chi connectivity index (χ3v) is 5.78. The zero-order valence-corrected chi connectivity index (χ0v) is 17.4. The number of benzene rings is 2. The molecule has 0 bridgehead atoms. The minimum absolute atomic E-state index is 0.0377. The zero-order chi connectivity index (χ0) is 22.3. The SMILES string of the molecule is CCOC(=O)CC1Oc2cc(C)ccc2N(Cc2nc3cc(F)c(F)c(F)c3s2)C1=O. The van der Waals surface area contributed by atoms with Crippen molar-refractivity contribution in [2.75, 3.05) is 11.5 Å². The Morgan fingerprint density at radius 1 is 1.26 bits per heavy atom. The van der Waals surface area contributed by atoms with Crippen molar-refractivity contribution in [1.29, 1.82) is 0 Å². The zero-order valence-electron chi connectivity index (χ0n) is 16.6. The first-order valence-corrected chi connectivity index (χ1v) is 10.3. The van der Waals surface area contributed by atoms with Crippen LogP contribution in [0.25, 0.3) is 10.2 Å². The Hall–Kier alpha value is -3.14. The number of hydrogen-bond acceptors (Lipinski definition) is 6. The minimum atomic E-state index is -1.57. The summed E-state index contributed by atoms with van der Waals surface area (Å²) in [6.07, 6.45) is -1.38. The van der Waals surface area contributed by atoms with Crippen molar-refractivity contribution in [3.8, 4) is 5.75 Å². The molecule has 1 amide bonds. The lowest BCUT2D eigenvalue weighted by Crippen LogP contribution is -2.46. The molecule has 1 atom stereocenters. The molecular weight excluding hydrogens is 433 g/mol. The Kier molecular flexibility index (Phi) is 5.57. The predicted octanol–water partition coefficient (Wildman–Crippen LogP) is 4.27. The number of anilines is 1. The lowest BCUT2D eigenvalue weighted by atomic mass is 10.1. The predicted molar refractivity (Wildman–Crippen MR) is 108 cm³/mol. The summed E-state index contributed by atoms with van der Waals surface area (Å²) < 4.78 is 51.7. The molecule has 0 saturated carbocycles. The summed E-state index contributed by atoms with van der Waals surface area (Å²) >= 11 is 0.824. The number of thiazole rings is 1. The van der Waals surface area contributed by atoms with E-state index in [1.165, 1.54) is 4.90 Å². The van der Waals surface area contributed by atoms with Crippen LogP contribution in [-0.4, -0.2) is 29.6 Å². The third kappa shape index (κ3) is 3.95. The molecule has 0 radical (unpaired) electrons. The van der Waals surface area contributed by atoms with Gasteiger partial charge in [-0.3, -0.25) is 14.5 Å². The number of rotatable bonds is 5. The Balaban J connectivity index is 1.70. The van der Waals surface area contributed by atoms with Gasteiger partial charge in [0.05, 0.1) is 35.5 Å². The maximum atomic E-state index is 14.1. The average Bonchev–Trinajstić information content (AvgIpc) is 3.12. The molecule has 0 saturated heterocycles. The summed E-state index contributed by atoms with van der Waals surface area (Å²) in [4.78, 5) is 30.5. The van der Waals surface area contributed by atoms with Crippen LogP contribution in [0, 0.1) is 24.4 Å². The second-order valence-electron chi connectivity index (χ2n) is 6.95. The summed E-state index contributed by atoms with van der Waals surface area (Å²) in [5, 5.41) is 0.274. The van der Waals surface area contributed by atoms with Crippen molar-refractivity contribution in [3.05, 3.63) is 52.3 Å². The second kappa shape index (κ2) is 8.18. The van der Waals surface area contributed by atoms with Gasteiger partial charge in [-0.05, 0) is 31.5 Å². The van der Waals surface area contributed by atoms with Gasteiger partial charge in [-0.2, -0.15) is 0 Å². The van der Waals surface area contributed by atoms with Gasteiger partial charge in [0.1, 0.15) is 10.8 Å². The molecule has 2 aromatic carbocycles. The van der Waals surface area contributed by atoms with Crippen LogP contribution in [0.3, 0.4) is 0 Å². The highest BCUT2D eigenvalue weighted by Crippen LogP contribution is 2.38. The van der Waals surface area contributed by atoms with Crippen molar-refractivity contribution >= 4 is 39.1 Å². The van der Waals surface area contributed by atoms with Gasteiger partial charge in [0.25, 0.3) is 5.91 Å². The average molecular weight is 450 g/mol. The standard InChI is InChI=1S/C21H17F3N2O4S/c1-3-29-17(27)8-15-21(28)26(13-5-4-10(2)6-14(13)30-15)9-16-25-12-7-11(22)18(23)19(24)20(12)31-16/h4-7,15H,3,8-9H2,1-2H3. The van der Waals surface area contributed by atoms with E-state index in [0.29, 0.717) is 11.4 Å². The minimum Gasteiger partial charge on any atom is -0.478 e. The van der Waals surface area contributed by atoms with Gasteiger partial charge in [0.2, 0.25) is 0 Å². The number of hydrogen-bond donors (Lipinski definition) is 0. The summed E-state index contributed by atoms with van der Waals surface area (Å²) in [6.45, 7) is 3.59. The molecule has 1 aliphatic heterocycles. The maximum absolute atomic E-state index is 14.1. The summed E-state index contributed by atoms with van der Waals surface area (Å²) in [5.74, 6) is -4.90. The number of ether oxygens (including phenoxy) is 2. The lowest BCUT2D eigenvalue weighted by Gasteiger charge is -2.33. The number of nitrogens with zero attached hydrogens (tertiary/aromatic N) is 2. The van der Waals surface area contributed by atoms with E-state index in [0.717, 1.165) is 23.0 Å². The van der Waals surface area contributed by atoms with Crippen LogP contribution in [-0.2, 0) is 20.9 Å². The van der Waals surface area contributed by atoms with Crippen LogP contribution < -0.4 is 9.64 Å². The first kappa shape index (κ1) is 21.1. The summed E-state index contributed by atoms with van der Waals surface area (Å²) in [7, 11) is 0. The van der Waals surface area contributed by atoms with E-state index in [-0.39, 0.29) is 34.8 Å². The second-order valence-corrected chi connectivity index (χ2v) is 8.04. The molecular formula is C21H17F3N2O4S. The van der Waals surface area contributed by atoms with Gasteiger partial charge in [-0.25, -0.2) is 18.2 Å². The molecule has 0 spiro atoms. The Morgan fingerprint density at radius 3 is 2.77 bits per heavy atom. The highest BCUT2D eigenvalue weighted by atomic mass is 32.1. The Labute approximate surface area is 179 Å². The van der Waals surface area contributed by atoms with Gasteiger partial charge >= 0.3 is 5.97 Å². The molecule has 162 valence electrons. The molecule has 6 nitrogen and oxygen atoms in total. The largest absolute Gasteiger partial charge is 0.478 e. The molecule has 31 heavy (non-hydrogen) atoms. The third-order valence-electron chi connectivity index (χ3n) is 4.73. The highest BCUT2D eigenvalue weighted by Gasteiger charge is 2.37. The number of fused-ring (bicyclic) bond motifs is 2. The van der Waals surface area contributed by atoms with Gasteiger partial charge in [-0.15, -0.1) is 11.3 Å². The van der Waals surface area contributed by atoms with Gasteiger partial charge in [0.15, 0.2) is 23.6 Å². The van der Waals surface area contributed by atoms with Crippen molar-refractivity contribution in [1.82, 2.24) is 4.98 Å². The molecule has 10 heteroatoms. The molecule has 1 unspecified atom stereocenters. The number of carbonyl (C=O) groups is 2. The van der Waals surface area contributed by atoms with Crippen LogP contribution in [0.5, 0.6) is 5.75 Å². The van der Waals surface area contributed by atoms with Crippen LogP contribution in [0.15, 0.2) is 24.3 Å². The molecule has 0 aliphatic carbocycles. The quantitative estimate of drug-likeness (QED) is 0.429. The monoisotopic (exact) mass is 450 g/mol. The highest BCUT2D eigenvalue weighted by molar-refractivity contribution is 7.18. The van der Waals surface area contributed by atoms with Gasteiger partial charge < -0.3 is 9.47 Å². The smallest absolute Gasteiger partial charge is 0.310 e. The molecule has 4 rings (SSSR count). The summed E-state index contributed by atoms with van der Waals surface area (Å²) in [5.41, 5.74) is 1.30. The number of aryl methyl sites for hydroxylation is 1. The topological polar surface area (TPSA) is 68.7 Å². The van der Waals surface area contributed by atoms with Crippen LogP contribution in [0.2, 0.25) is 0 Å². The molecule has 1 aromatic heterocycles. The van der Waals surface area contributed by atoms with Crippen molar-refractivity contribution in [2.24, 2.45) is 0 Å². The van der Waals surface area contributed by atoms with E-state index >= 15 is 0 Å². The van der Waals surface area contributed by atoms with E-state index in [1.807, 2.05) is 6.92 Å². The fourth-order valence-electron chi connectivity index (χ4n) is 3.32. The van der Waals surface area contributed by atoms with Crippen LogP contribution in [0.1, 0.15) is 23.9 Å². The van der Waals surface area contributed by atoms with E-state index < -0.39 is 35.4 Å². The van der Waals surface area contributed by atoms with Crippen LogP contribution >= 0.6 is 11.3 Å². The van der Waals surface area contributed by atoms with E-state index in [4.69, 9.17) is 9.47 Å². The lowest BCUT2D eigenvalue weighted by molar-refractivity contribution is -0.147. The molecule has 2 heterocycles. The maximum Gasteiger partial charge on any atom is 0.310 e. The fourth-order valence-corrected chi connectivity index (χ4v) is 4.28. The van der Waals surface area contributed by atoms with Crippen molar-refractivity contribution < 1.29 is 32.2 Å². The molecule has 1 aliphatic rings. The summed E-state index contributed by atoms with van der Waals surface area (Å²) in [6, 6.07) is 6.03. The molecule has 3 aromatic rings. The van der Waals surface area contributed by atoms with E-state index in [9.17, 15) is 22.8 Å². The first-order chi connectivity index (χ1) is 14.8. The number of amides is 1. The van der Waals surface area contributed by atoms with Crippen molar-refractivity contribution in [3.63, 3.8) is 0 Å². The van der Waals surface area contributed by atoms with Gasteiger partial charge in [0, 0.05) is 6.07 Å². The molecule has 0 fully saturated rings. The van der Waals surface area contributed by atoms with E-state index in [2.05, 4.69) is 4.98 Å². The van der Waals surface area contributed by atoms with Gasteiger partial charge in [-0.1, -0.05) is 6.07 Å². The Bertz CT molecular complexity index is 1200. The fraction of sp³-hybridized carbons (Fsp3) is 0.286. The first-order valence-electron chi connectivity index (χ1n) is 9.45. The van der Waals surface area contributed by atoms with Crippen LogP contribution in [0.4, 0.5) is 18.9 Å². The number of aromatic nitrogens is 1. The van der Waals surface area contributed by atoms with Crippen molar-refractivity contribution in [2.45, 2.75) is 32.9 Å².